The van der Waals surface area contributed by atoms with Crippen LogP contribution >= 0.6 is 23.6 Å². The van der Waals surface area contributed by atoms with Gasteiger partial charge in [0.05, 0.1) is 11.2 Å². The molecule has 0 aliphatic rings. The van der Waals surface area contributed by atoms with Crippen LogP contribution in [0.2, 0.25) is 0 Å². The van der Waals surface area contributed by atoms with Gasteiger partial charge in [-0.1, -0.05) is 12.2 Å². The normalized spacial score (nSPS) is 12.8. The second-order valence-electron chi connectivity index (χ2n) is 1.93. The van der Waals surface area contributed by atoms with Gasteiger partial charge in [-0.15, -0.1) is 11.3 Å². The highest BCUT2D eigenvalue weighted by atomic mass is 32.1. The molecular weight excluding hydrogens is 180 g/mol. The molecule has 1 rings (SSSR count). The van der Waals surface area contributed by atoms with Crippen molar-refractivity contribution in [3.63, 3.8) is 0 Å². The van der Waals surface area contributed by atoms with E-state index in [1.54, 1.807) is 12.6 Å². The molecule has 3 nitrogen and oxygen atoms in total. The third-order valence-corrected chi connectivity index (χ3v) is 2.03. The molecule has 60 valence electrons. The number of hydrogen-bond acceptors (Lipinski definition) is 4. The van der Waals surface area contributed by atoms with Crippen molar-refractivity contribution in [2.24, 2.45) is 5.73 Å². The van der Waals surface area contributed by atoms with Gasteiger partial charge in [0.1, 0.15) is 11.1 Å². The number of thiazole rings is 1. The zero-order chi connectivity index (χ0) is 8.27. The Kier molecular flexibility index (Phi) is 2.92. The van der Waals surface area contributed by atoms with Crippen molar-refractivity contribution < 1.29 is 4.74 Å². The van der Waals surface area contributed by atoms with E-state index in [4.69, 9.17) is 22.7 Å². The van der Waals surface area contributed by atoms with E-state index in [0.717, 1.165) is 5.69 Å². The summed E-state index contributed by atoms with van der Waals surface area (Å²) < 4.78 is 5.03. The van der Waals surface area contributed by atoms with Gasteiger partial charge in [0.2, 0.25) is 0 Å². The van der Waals surface area contributed by atoms with E-state index in [1.165, 1.54) is 11.3 Å². The van der Waals surface area contributed by atoms with E-state index in [1.807, 2.05) is 5.38 Å². The molecule has 1 aromatic rings. The van der Waals surface area contributed by atoms with Crippen molar-refractivity contribution in [2.45, 2.75) is 6.10 Å². The van der Waals surface area contributed by atoms with E-state index in [9.17, 15) is 0 Å². The quantitative estimate of drug-likeness (QED) is 0.722. The topological polar surface area (TPSA) is 48.1 Å². The average molecular weight is 188 g/mol. The number of nitrogens with two attached hydrogens (primary N) is 1. The van der Waals surface area contributed by atoms with Crippen LogP contribution in [0.5, 0.6) is 0 Å². The van der Waals surface area contributed by atoms with Gasteiger partial charge in [-0.3, -0.25) is 0 Å². The van der Waals surface area contributed by atoms with Gasteiger partial charge >= 0.3 is 0 Å². The molecule has 0 aromatic carbocycles. The first-order chi connectivity index (χ1) is 5.25. The fourth-order valence-corrected chi connectivity index (χ4v) is 1.52. The Labute approximate surface area is 74.2 Å². The first kappa shape index (κ1) is 8.58. The molecule has 0 saturated carbocycles. The van der Waals surface area contributed by atoms with Crippen molar-refractivity contribution in [3.05, 3.63) is 16.6 Å². The standard InChI is InChI=1S/C6H8N2OS2/c1-9-5(6(7)10)4-2-11-3-8-4/h2-3,5H,1H3,(H2,7,10). The molecule has 0 bridgehead atoms. The molecule has 0 radical (unpaired) electrons. The lowest BCUT2D eigenvalue weighted by Crippen LogP contribution is -2.20. The maximum absolute atomic E-state index is 5.41. The largest absolute Gasteiger partial charge is 0.391 e. The first-order valence-electron chi connectivity index (χ1n) is 2.96. The molecule has 0 fully saturated rings. The summed E-state index contributed by atoms with van der Waals surface area (Å²) in [6, 6.07) is 0. The Bertz CT molecular complexity index is 235. The van der Waals surface area contributed by atoms with Crippen LogP contribution in [0.25, 0.3) is 0 Å². The molecule has 11 heavy (non-hydrogen) atoms. The number of methoxy groups -OCH3 is 1. The number of nitrogens with zero attached hydrogens (tertiary/aromatic N) is 1. The highest BCUT2D eigenvalue weighted by molar-refractivity contribution is 7.80. The van der Waals surface area contributed by atoms with Crippen LogP contribution in [0.4, 0.5) is 0 Å². The molecule has 5 heteroatoms. The molecule has 0 aliphatic carbocycles. The molecular formula is C6H8N2OS2. The predicted molar refractivity (Wildman–Crippen MR) is 48.6 cm³/mol. The van der Waals surface area contributed by atoms with Gasteiger partial charge < -0.3 is 10.5 Å². The Balaban J connectivity index is 2.79. The molecule has 2 N–H and O–H groups in total. The summed E-state index contributed by atoms with van der Waals surface area (Å²) in [6.07, 6.45) is -0.337. The summed E-state index contributed by atoms with van der Waals surface area (Å²) in [6.45, 7) is 0. The fraction of sp³-hybridized carbons (Fsp3) is 0.333. The van der Waals surface area contributed by atoms with Crippen molar-refractivity contribution in [3.8, 4) is 0 Å². The third kappa shape index (κ3) is 1.95. The summed E-state index contributed by atoms with van der Waals surface area (Å²) in [5, 5.41) is 1.87. The van der Waals surface area contributed by atoms with Crippen LogP contribution in [-0.4, -0.2) is 17.1 Å². The SMILES string of the molecule is COC(C(N)=S)c1cscn1. The van der Waals surface area contributed by atoms with Gasteiger partial charge in [0.15, 0.2) is 0 Å². The molecule has 0 aliphatic heterocycles. The molecule has 0 spiro atoms. The van der Waals surface area contributed by atoms with Gasteiger partial charge in [-0.25, -0.2) is 4.98 Å². The summed E-state index contributed by atoms with van der Waals surface area (Å²) >= 11 is 6.28. The Hall–Kier alpha value is -0.520. The zero-order valence-electron chi connectivity index (χ0n) is 5.98. The summed E-state index contributed by atoms with van der Waals surface area (Å²) in [7, 11) is 1.56. The third-order valence-electron chi connectivity index (χ3n) is 1.21. The second-order valence-corrected chi connectivity index (χ2v) is 3.12. The average Bonchev–Trinajstić information content (AvgIpc) is 2.40. The van der Waals surface area contributed by atoms with E-state index < -0.39 is 0 Å². The molecule has 1 heterocycles. The van der Waals surface area contributed by atoms with Gasteiger partial charge in [-0.2, -0.15) is 0 Å². The van der Waals surface area contributed by atoms with E-state index in [2.05, 4.69) is 4.98 Å². The number of rotatable bonds is 3. The Morgan fingerprint density at radius 2 is 2.64 bits per heavy atom. The Morgan fingerprint density at radius 1 is 1.91 bits per heavy atom. The zero-order valence-corrected chi connectivity index (χ0v) is 7.61. The lowest BCUT2D eigenvalue weighted by atomic mass is 10.3. The van der Waals surface area contributed by atoms with Crippen molar-refractivity contribution >= 4 is 28.5 Å². The van der Waals surface area contributed by atoms with Crippen molar-refractivity contribution in [1.82, 2.24) is 4.98 Å². The van der Waals surface area contributed by atoms with Gasteiger partial charge in [0.25, 0.3) is 0 Å². The monoisotopic (exact) mass is 188 g/mol. The second kappa shape index (κ2) is 3.75. The molecule has 1 unspecified atom stereocenters. The minimum atomic E-state index is -0.337. The van der Waals surface area contributed by atoms with E-state index >= 15 is 0 Å². The highest BCUT2D eigenvalue weighted by Crippen LogP contribution is 2.15. The van der Waals surface area contributed by atoms with Gasteiger partial charge in [0, 0.05) is 12.5 Å². The predicted octanol–water partition coefficient (Wildman–Crippen LogP) is 1.12. The lowest BCUT2D eigenvalue weighted by molar-refractivity contribution is 0.156. The molecule has 1 atom stereocenters. The van der Waals surface area contributed by atoms with E-state index in [0.29, 0.717) is 4.99 Å². The molecule has 1 aromatic heterocycles. The van der Waals surface area contributed by atoms with Crippen LogP contribution in [0.15, 0.2) is 10.9 Å². The number of hydrogen-bond donors (Lipinski definition) is 1. The highest BCUT2D eigenvalue weighted by Gasteiger charge is 2.14. The number of aromatic nitrogens is 1. The minimum absolute atomic E-state index is 0.318. The number of ether oxygens (including phenoxy) is 1. The van der Waals surface area contributed by atoms with E-state index in [-0.39, 0.29) is 6.10 Å². The Morgan fingerprint density at radius 3 is 3.00 bits per heavy atom. The smallest absolute Gasteiger partial charge is 0.149 e. The molecule has 0 amide bonds. The fourth-order valence-electron chi connectivity index (χ4n) is 0.734. The summed E-state index contributed by atoms with van der Waals surface area (Å²) in [5.74, 6) is 0. The minimum Gasteiger partial charge on any atom is -0.391 e. The lowest BCUT2D eigenvalue weighted by Gasteiger charge is -2.09. The maximum atomic E-state index is 5.41. The number of thiocarbonyl (C=S) groups is 1. The van der Waals surface area contributed by atoms with Crippen LogP contribution in [0, 0.1) is 0 Å². The summed E-state index contributed by atoms with van der Waals surface area (Å²) in [5.41, 5.74) is 7.91. The van der Waals surface area contributed by atoms with Crippen molar-refractivity contribution in [1.29, 1.82) is 0 Å². The summed E-state index contributed by atoms with van der Waals surface area (Å²) in [4.78, 5) is 4.35. The van der Waals surface area contributed by atoms with Crippen LogP contribution < -0.4 is 5.73 Å². The van der Waals surface area contributed by atoms with Crippen LogP contribution in [-0.2, 0) is 4.74 Å². The van der Waals surface area contributed by atoms with Crippen LogP contribution in [0.3, 0.4) is 0 Å². The van der Waals surface area contributed by atoms with Crippen molar-refractivity contribution in [2.75, 3.05) is 7.11 Å². The first-order valence-corrected chi connectivity index (χ1v) is 4.31. The molecule has 0 saturated heterocycles. The maximum Gasteiger partial charge on any atom is 0.149 e. The van der Waals surface area contributed by atoms with Gasteiger partial charge in [-0.05, 0) is 0 Å². The van der Waals surface area contributed by atoms with Crippen LogP contribution in [0.1, 0.15) is 11.8 Å².